The topological polar surface area (TPSA) is 22.1 Å². The third-order valence-electron chi connectivity index (χ3n) is 2.69. The molecular formula is C15H17NO. The minimum atomic E-state index is 0.670. The van der Waals surface area contributed by atoms with E-state index in [2.05, 4.69) is 37.0 Å². The van der Waals surface area contributed by atoms with Gasteiger partial charge in [0.15, 0.2) is 0 Å². The fourth-order valence-corrected chi connectivity index (χ4v) is 1.87. The Morgan fingerprint density at radius 2 is 2.00 bits per heavy atom. The molecule has 0 fully saturated rings. The summed E-state index contributed by atoms with van der Waals surface area (Å²) in [5.74, 6) is 0.938. The smallest absolute Gasteiger partial charge is 0.131 e. The molecule has 0 saturated heterocycles. The summed E-state index contributed by atoms with van der Waals surface area (Å²) in [7, 11) is 0. The van der Waals surface area contributed by atoms with Crippen molar-refractivity contribution in [1.29, 1.82) is 0 Å². The van der Waals surface area contributed by atoms with E-state index < -0.39 is 0 Å². The molecule has 1 aromatic heterocycles. The number of hydrogen-bond donors (Lipinski definition) is 0. The highest BCUT2D eigenvalue weighted by atomic mass is 16.5. The molecule has 0 aliphatic rings. The Kier molecular flexibility index (Phi) is 3.43. The zero-order chi connectivity index (χ0) is 12.3. The minimum absolute atomic E-state index is 0.670. The van der Waals surface area contributed by atoms with Gasteiger partial charge >= 0.3 is 0 Å². The van der Waals surface area contributed by atoms with E-state index in [9.17, 15) is 0 Å². The van der Waals surface area contributed by atoms with Crippen molar-refractivity contribution in [2.24, 2.45) is 0 Å². The van der Waals surface area contributed by atoms with Crippen LogP contribution in [0.4, 0.5) is 0 Å². The molecule has 0 atom stereocenters. The Bertz CT molecular complexity index is 520. The molecular weight excluding hydrogens is 210 g/mol. The monoisotopic (exact) mass is 227 g/mol. The summed E-state index contributed by atoms with van der Waals surface area (Å²) in [6, 6.07) is 10.2. The third-order valence-corrected chi connectivity index (χ3v) is 2.69. The quantitative estimate of drug-likeness (QED) is 0.796. The van der Waals surface area contributed by atoms with Crippen LogP contribution in [0.25, 0.3) is 11.3 Å². The molecule has 2 heteroatoms. The van der Waals surface area contributed by atoms with Crippen LogP contribution in [0.3, 0.4) is 0 Å². The van der Waals surface area contributed by atoms with Crippen molar-refractivity contribution in [1.82, 2.24) is 4.98 Å². The number of pyridine rings is 1. The Balaban J connectivity index is 2.54. The predicted molar refractivity (Wildman–Crippen MR) is 70.3 cm³/mol. The number of benzene rings is 1. The second-order valence-corrected chi connectivity index (χ2v) is 4.10. The van der Waals surface area contributed by atoms with E-state index >= 15 is 0 Å². The molecule has 0 unspecified atom stereocenters. The van der Waals surface area contributed by atoms with Crippen molar-refractivity contribution < 1.29 is 4.74 Å². The Morgan fingerprint density at radius 1 is 1.18 bits per heavy atom. The van der Waals surface area contributed by atoms with E-state index in [1.807, 2.05) is 25.3 Å². The molecule has 17 heavy (non-hydrogen) atoms. The first-order valence-electron chi connectivity index (χ1n) is 5.88. The van der Waals surface area contributed by atoms with Gasteiger partial charge < -0.3 is 4.74 Å². The van der Waals surface area contributed by atoms with E-state index in [0.29, 0.717) is 6.61 Å². The standard InChI is InChI=1S/C15H17NO/c1-4-17-15-12(3)6-5-7-13(15)14-10-11(2)8-9-16-14/h5-10H,4H2,1-3H3. The Labute approximate surface area is 102 Å². The van der Waals surface area contributed by atoms with E-state index in [1.54, 1.807) is 0 Å². The molecule has 0 N–H and O–H groups in total. The molecule has 1 aromatic carbocycles. The zero-order valence-corrected chi connectivity index (χ0v) is 10.5. The highest BCUT2D eigenvalue weighted by Gasteiger charge is 2.09. The van der Waals surface area contributed by atoms with E-state index in [-0.39, 0.29) is 0 Å². The van der Waals surface area contributed by atoms with Crippen LogP contribution >= 0.6 is 0 Å². The lowest BCUT2D eigenvalue weighted by Crippen LogP contribution is -1.97. The molecule has 0 bridgehead atoms. The van der Waals surface area contributed by atoms with Gasteiger partial charge in [0.1, 0.15) is 5.75 Å². The summed E-state index contributed by atoms with van der Waals surface area (Å²) in [5.41, 5.74) is 4.39. The maximum Gasteiger partial charge on any atom is 0.131 e. The van der Waals surface area contributed by atoms with Crippen LogP contribution in [0.2, 0.25) is 0 Å². The second kappa shape index (κ2) is 5.00. The van der Waals surface area contributed by atoms with Crippen LogP contribution < -0.4 is 4.74 Å². The van der Waals surface area contributed by atoms with Gasteiger partial charge in [0.25, 0.3) is 0 Å². The number of para-hydroxylation sites is 1. The first-order chi connectivity index (χ1) is 8.22. The molecule has 0 amide bonds. The van der Waals surface area contributed by atoms with Gasteiger partial charge in [-0.05, 0) is 50.1 Å². The van der Waals surface area contributed by atoms with Gasteiger partial charge in [-0.15, -0.1) is 0 Å². The second-order valence-electron chi connectivity index (χ2n) is 4.10. The maximum atomic E-state index is 5.72. The number of rotatable bonds is 3. The fraction of sp³-hybridized carbons (Fsp3) is 0.267. The summed E-state index contributed by atoms with van der Waals surface area (Å²) in [5, 5.41) is 0. The Morgan fingerprint density at radius 3 is 2.71 bits per heavy atom. The highest BCUT2D eigenvalue weighted by Crippen LogP contribution is 2.31. The van der Waals surface area contributed by atoms with Crippen molar-refractivity contribution >= 4 is 0 Å². The van der Waals surface area contributed by atoms with Crippen LogP contribution in [0.15, 0.2) is 36.5 Å². The van der Waals surface area contributed by atoms with Gasteiger partial charge in [0.2, 0.25) is 0 Å². The molecule has 2 aromatic rings. The van der Waals surface area contributed by atoms with Crippen molar-refractivity contribution in [3.8, 4) is 17.0 Å². The summed E-state index contributed by atoms with van der Waals surface area (Å²) in [4.78, 5) is 4.41. The van der Waals surface area contributed by atoms with Crippen molar-refractivity contribution in [3.63, 3.8) is 0 Å². The number of aromatic nitrogens is 1. The average Bonchev–Trinajstić information content (AvgIpc) is 2.32. The molecule has 0 radical (unpaired) electrons. The van der Waals surface area contributed by atoms with E-state index in [0.717, 1.165) is 22.6 Å². The van der Waals surface area contributed by atoms with Gasteiger partial charge in [-0.3, -0.25) is 4.98 Å². The number of ether oxygens (including phenoxy) is 1. The van der Waals surface area contributed by atoms with Crippen LogP contribution in [0, 0.1) is 13.8 Å². The summed E-state index contributed by atoms with van der Waals surface area (Å²) in [6.07, 6.45) is 1.84. The van der Waals surface area contributed by atoms with Gasteiger partial charge in [-0.2, -0.15) is 0 Å². The van der Waals surface area contributed by atoms with Crippen molar-refractivity contribution in [2.45, 2.75) is 20.8 Å². The molecule has 0 spiro atoms. The minimum Gasteiger partial charge on any atom is -0.493 e. The van der Waals surface area contributed by atoms with Gasteiger partial charge in [0, 0.05) is 11.8 Å². The fourth-order valence-electron chi connectivity index (χ4n) is 1.87. The Hall–Kier alpha value is -1.83. The highest BCUT2D eigenvalue weighted by molar-refractivity contribution is 5.69. The SMILES string of the molecule is CCOc1c(C)cccc1-c1cc(C)ccn1. The summed E-state index contributed by atoms with van der Waals surface area (Å²) < 4.78 is 5.72. The van der Waals surface area contributed by atoms with Gasteiger partial charge in [0.05, 0.1) is 12.3 Å². The zero-order valence-electron chi connectivity index (χ0n) is 10.5. The van der Waals surface area contributed by atoms with Crippen LogP contribution in [-0.4, -0.2) is 11.6 Å². The molecule has 88 valence electrons. The molecule has 0 aliphatic heterocycles. The van der Waals surface area contributed by atoms with Gasteiger partial charge in [-0.25, -0.2) is 0 Å². The molecule has 2 nitrogen and oxygen atoms in total. The van der Waals surface area contributed by atoms with Crippen LogP contribution in [0.1, 0.15) is 18.1 Å². The summed E-state index contributed by atoms with van der Waals surface area (Å²) in [6.45, 7) is 6.80. The predicted octanol–water partition coefficient (Wildman–Crippen LogP) is 3.76. The maximum absolute atomic E-state index is 5.72. The lowest BCUT2D eigenvalue weighted by atomic mass is 10.1. The van der Waals surface area contributed by atoms with Crippen LogP contribution in [-0.2, 0) is 0 Å². The molecule has 2 rings (SSSR count). The largest absolute Gasteiger partial charge is 0.493 e. The number of aryl methyl sites for hydroxylation is 2. The normalized spacial score (nSPS) is 10.3. The number of hydrogen-bond acceptors (Lipinski definition) is 2. The average molecular weight is 227 g/mol. The lowest BCUT2D eigenvalue weighted by molar-refractivity contribution is 0.339. The molecule has 0 aliphatic carbocycles. The first-order valence-corrected chi connectivity index (χ1v) is 5.88. The first kappa shape index (κ1) is 11.6. The van der Waals surface area contributed by atoms with E-state index in [1.165, 1.54) is 5.56 Å². The number of nitrogens with zero attached hydrogens (tertiary/aromatic N) is 1. The van der Waals surface area contributed by atoms with E-state index in [4.69, 9.17) is 4.74 Å². The van der Waals surface area contributed by atoms with Crippen molar-refractivity contribution in [2.75, 3.05) is 6.61 Å². The van der Waals surface area contributed by atoms with Crippen LogP contribution in [0.5, 0.6) is 5.75 Å². The third kappa shape index (κ3) is 2.47. The van der Waals surface area contributed by atoms with Gasteiger partial charge in [-0.1, -0.05) is 12.1 Å². The summed E-state index contributed by atoms with van der Waals surface area (Å²) >= 11 is 0. The van der Waals surface area contributed by atoms with Crippen molar-refractivity contribution in [3.05, 3.63) is 47.7 Å². The molecule has 0 saturated carbocycles. The molecule has 1 heterocycles. The lowest BCUT2D eigenvalue weighted by Gasteiger charge is -2.12.